The first-order chi connectivity index (χ1) is 8.11. The first-order valence-corrected chi connectivity index (χ1v) is 5.22. The van der Waals surface area contributed by atoms with Crippen LogP contribution >= 0.6 is 0 Å². The lowest BCUT2D eigenvalue weighted by atomic mass is 10.2. The Hall–Kier alpha value is -1.85. The van der Waals surface area contributed by atoms with Crippen molar-refractivity contribution in [3.63, 3.8) is 0 Å². The lowest BCUT2D eigenvalue weighted by molar-refractivity contribution is -0.117. The van der Waals surface area contributed by atoms with Gasteiger partial charge >= 0.3 is 0 Å². The number of carbonyl (C=O) groups excluding carboxylic acids is 1. The van der Waals surface area contributed by atoms with Gasteiger partial charge in [-0.25, -0.2) is 0 Å². The summed E-state index contributed by atoms with van der Waals surface area (Å²) in [6.07, 6.45) is 2.04. The fraction of sp³-hybridized carbons (Fsp3) is 0.250. The number of nitrogens with two attached hydrogens (primary N) is 1. The molecule has 5 nitrogen and oxygen atoms in total. The molecule has 0 aliphatic rings. The van der Waals surface area contributed by atoms with E-state index in [2.05, 4.69) is 5.32 Å². The summed E-state index contributed by atoms with van der Waals surface area (Å²) >= 11 is 0. The monoisotopic (exact) mass is 236 g/mol. The zero-order valence-corrected chi connectivity index (χ0v) is 9.34. The number of benzene rings is 1. The number of rotatable bonds is 5. The summed E-state index contributed by atoms with van der Waals surface area (Å²) in [5.74, 6) is -0.333. The molecule has 92 valence electrons. The predicted molar refractivity (Wildman–Crippen MR) is 66.0 cm³/mol. The quantitative estimate of drug-likeness (QED) is 0.419. The number of aliphatic hydroxyl groups is 2. The van der Waals surface area contributed by atoms with E-state index in [1.54, 1.807) is 24.3 Å². The number of amides is 1. The molecule has 17 heavy (non-hydrogen) atoms. The molecule has 1 aromatic carbocycles. The van der Waals surface area contributed by atoms with Gasteiger partial charge in [0.15, 0.2) is 0 Å². The fourth-order valence-electron chi connectivity index (χ4n) is 1.18. The molecular formula is C12H16N2O3. The van der Waals surface area contributed by atoms with Crippen LogP contribution in [0.1, 0.15) is 5.56 Å². The van der Waals surface area contributed by atoms with Gasteiger partial charge < -0.3 is 21.3 Å². The van der Waals surface area contributed by atoms with Crippen molar-refractivity contribution in [2.45, 2.75) is 6.10 Å². The van der Waals surface area contributed by atoms with Crippen molar-refractivity contribution in [2.75, 3.05) is 18.9 Å². The van der Waals surface area contributed by atoms with Gasteiger partial charge in [-0.15, -0.1) is 0 Å². The van der Waals surface area contributed by atoms with Gasteiger partial charge in [0.25, 0.3) is 0 Å². The van der Waals surface area contributed by atoms with E-state index in [9.17, 15) is 4.79 Å². The first-order valence-electron chi connectivity index (χ1n) is 5.22. The maximum atomic E-state index is 11.3. The van der Waals surface area contributed by atoms with E-state index in [0.717, 1.165) is 5.56 Å². The summed E-state index contributed by atoms with van der Waals surface area (Å²) in [6.45, 7) is -0.351. The van der Waals surface area contributed by atoms with Crippen LogP contribution in [0.2, 0.25) is 0 Å². The lowest BCUT2D eigenvalue weighted by Gasteiger charge is -2.06. The van der Waals surface area contributed by atoms with Gasteiger partial charge in [-0.05, 0) is 23.8 Å². The van der Waals surface area contributed by atoms with Crippen molar-refractivity contribution in [3.05, 3.63) is 35.9 Å². The zero-order chi connectivity index (χ0) is 12.7. The van der Waals surface area contributed by atoms with E-state index in [4.69, 9.17) is 15.9 Å². The maximum absolute atomic E-state index is 11.3. The van der Waals surface area contributed by atoms with Crippen molar-refractivity contribution in [1.82, 2.24) is 5.32 Å². The highest BCUT2D eigenvalue weighted by Gasteiger charge is 2.02. The number of anilines is 1. The van der Waals surface area contributed by atoms with Crippen LogP contribution in [-0.4, -0.2) is 35.4 Å². The number of nitrogen functional groups attached to an aromatic ring is 1. The molecule has 1 unspecified atom stereocenters. The lowest BCUT2D eigenvalue weighted by Crippen LogP contribution is -2.32. The third-order valence-corrected chi connectivity index (χ3v) is 2.06. The highest BCUT2D eigenvalue weighted by molar-refractivity contribution is 5.91. The fourth-order valence-corrected chi connectivity index (χ4v) is 1.18. The van der Waals surface area contributed by atoms with E-state index in [1.807, 2.05) is 6.07 Å². The molecule has 0 spiro atoms. The molecular weight excluding hydrogens is 220 g/mol. The molecule has 1 aromatic rings. The van der Waals surface area contributed by atoms with Crippen LogP contribution in [0, 0.1) is 0 Å². The standard InChI is InChI=1S/C12H16N2O3/c13-10-3-1-2-9(6-10)4-5-12(17)14-7-11(16)8-15/h1-6,11,15-16H,7-8,13H2,(H,14,17)/b5-4+. The minimum Gasteiger partial charge on any atom is -0.399 e. The largest absolute Gasteiger partial charge is 0.399 e. The second-order valence-electron chi connectivity index (χ2n) is 3.59. The Morgan fingerprint density at radius 2 is 2.29 bits per heavy atom. The van der Waals surface area contributed by atoms with Crippen molar-refractivity contribution in [2.24, 2.45) is 0 Å². The molecule has 0 aromatic heterocycles. The average Bonchev–Trinajstić information content (AvgIpc) is 2.33. The van der Waals surface area contributed by atoms with Gasteiger partial charge in [0.1, 0.15) is 0 Å². The van der Waals surface area contributed by atoms with Crippen molar-refractivity contribution < 1.29 is 15.0 Å². The van der Waals surface area contributed by atoms with E-state index < -0.39 is 6.10 Å². The number of carbonyl (C=O) groups is 1. The second-order valence-corrected chi connectivity index (χ2v) is 3.59. The van der Waals surface area contributed by atoms with Gasteiger partial charge in [0, 0.05) is 18.3 Å². The third-order valence-electron chi connectivity index (χ3n) is 2.06. The van der Waals surface area contributed by atoms with E-state index in [-0.39, 0.29) is 19.1 Å². The summed E-state index contributed by atoms with van der Waals surface area (Å²) in [5, 5.41) is 20.0. The Labute approximate surface area is 99.6 Å². The number of nitrogens with one attached hydrogen (secondary N) is 1. The molecule has 5 heteroatoms. The van der Waals surface area contributed by atoms with Crippen LogP contribution in [0.3, 0.4) is 0 Å². The van der Waals surface area contributed by atoms with E-state index in [1.165, 1.54) is 6.08 Å². The van der Waals surface area contributed by atoms with Gasteiger partial charge in [0.2, 0.25) is 5.91 Å². The molecule has 5 N–H and O–H groups in total. The smallest absolute Gasteiger partial charge is 0.244 e. The molecule has 0 fully saturated rings. The molecule has 0 aliphatic heterocycles. The Morgan fingerprint density at radius 1 is 1.53 bits per heavy atom. The summed E-state index contributed by atoms with van der Waals surface area (Å²) in [5.41, 5.74) is 7.04. The highest BCUT2D eigenvalue weighted by atomic mass is 16.3. The van der Waals surface area contributed by atoms with Gasteiger partial charge in [0.05, 0.1) is 12.7 Å². The molecule has 1 amide bonds. The van der Waals surface area contributed by atoms with E-state index >= 15 is 0 Å². The second kappa shape index (κ2) is 6.67. The van der Waals surface area contributed by atoms with Crippen LogP contribution in [-0.2, 0) is 4.79 Å². The third kappa shape index (κ3) is 5.14. The molecule has 0 bridgehead atoms. The van der Waals surface area contributed by atoms with Gasteiger partial charge in [-0.2, -0.15) is 0 Å². The number of hydrogen-bond acceptors (Lipinski definition) is 4. The summed E-state index contributed by atoms with van der Waals surface area (Å²) in [7, 11) is 0. The predicted octanol–water partition coefficient (Wildman–Crippen LogP) is -0.249. The van der Waals surface area contributed by atoms with Gasteiger partial charge in [-0.3, -0.25) is 4.79 Å². The van der Waals surface area contributed by atoms with Crippen LogP contribution in [0.4, 0.5) is 5.69 Å². The average molecular weight is 236 g/mol. The van der Waals surface area contributed by atoms with Crippen LogP contribution in [0.25, 0.3) is 6.08 Å². The van der Waals surface area contributed by atoms with Crippen molar-refractivity contribution in [3.8, 4) is 0 Å². The Bertz CT molecular complexity index is 404. The molecule has 1 atom stereocenters. The number of hydrogen-bond donors (Lipinski definition) is 4. The Kier molecular flexibility index (Phi) is 5.19. The van der Waals surface area contributed by atoms with Crippen molar-refractivity contribution in [1.29, 1.82) is 0 Å². The molecule has 0 saturated carbocycles. The minimum absolute atomic E-state index is 0.0244. The SMILES string of the molecule is Nc1cccc(/C=C/C(=O)NCC(O)CO)c1. The van der Waals surface area contributed by atoms with E-state index in [0.29, 0.717) is 5.69 Å². The Balaban J connectivity index is 2.45. The zero-order valence-electron chi connectivity index (χ0n) is 9.34. The molecule has 0 aliphatic carbocycles. The summed E-state index contributed by atoms with van der Waals surface area (Å²) < 4.78 is 0. The number of aliphatic hydroxyl groups excluding tert-OH is 2. The van der Waals surface area contributed by atoms with Crippen LogP contribution < -0.4 is 11.1 Å². The van der Waals surface area contributed by atoms with Crippen LogP contribution in [0.5, 0.6) is 0 Å². The van der Waals surface area contributed by atoms with Crippen LogP contribution in [0.15, 0.2) is 30.3 Å². The summed E-state index contributed by atoms with van der Waals surface area (Å²) in [6, 6.07) is 7.12. The normalized spacial score (nSPS) is 12.6. The minimum atomic E-state index is -0.931. The maximum Gasteiger partial charge on any atom is 0.244 e. The van der Waals surface area contributed by atoms with Crippen molar-refractivity contribution >= 4 is 17.7 Å². The molecule has 0 radical (unpaired) electrons. The summed E-state index contributed by atoms with van der Waals surface area (Å²) in [4.78, 5) is 11.3. The first kappa shape index (κ1) is 13.2. The topological polar surface area (TPSA) is 95.6 Å². The molecule has 0 saturated heterocycles. The highest BCUT2D eigenvalue weighted by Crippen LogP contribution is 2.07. The Morgan fingerprint density at radius 3 is 2.94 bits per heavy atom. The van der Waals surface area contributed by atoms with Gasteiger partial charge in [-0.1, -0.05) is 12.1 Å². The molecule has 0 heterocycles. The molecule has 1 rings (SSSR count).